The Hall–Kier alpha value is -1.69. The van der Waals surface area contributed by atoms with Crippen LogP contribution in [0.2, 0.25) is 0 Å². The maximum absolute atomic E-state index is 13.8. The molecule has 1 fully saturated rings. The first-order valence-corrected chi connectivity index (χ1v) is 16.4. The van der Waals surface area contributed by atoms with Crippen molar-refractivity contribution in [3.63, 3.8) is 0 Å². The van der Waals surface area contributed by atoms with E-state index in [1.54, 1.807) is 45.2 Å². The van der Waals surface area contributed by atoms with Crippen LogP contribution in [0.3, 0.4) is 0 Å². The zero-order valence-corrected chi connectivity index (χ0v) is 25.5. The molecule has 2 heterocycles. The Kier molecular flexibility index (Phi) is 11.4. The molecule has 0 atom stereocenters. The number of thiazole rings is 1. The number of thioether (sulfide) groups is 1. The fourth-order valence-electron chi connectivity index (χ4n) is 4.56. The number of nitrogens with zero attached hydrogens (tertiary/aromatic N) is 4. The van der Waals surface area contributed by atoms with Gasteiger partial charge in [-0.05, 0) is 74.7 Å². The van der Waals surface area contributed by atoms with Crippen LogP contribution in [0.4, 0.5) is 5.13 Å². The number of rotatable bonds is 10. The molecule has 2 aromatic carbocycles. The molecule has 7 nitrogen and oxygen atoms in total. The highest BCUT2D eigenvalue weighted by molar-refractivity contribution is 7.98. The molecule has 0 saturated carbocycles. The number of benzene rings is 2. The fourth-order valence-corrected chi connectivity index (χ4v) is 7.62. The third kappa shape index (κ3) is 7.08. The Morgan fingerprint density at radius 3 is 2.26 bits per heavy atom. The van der Waals surface area contributed by atoms with E-state index in [-0.39, 0.29) is 23.2 Å². The highest BCUT2D eigenvalue weighted by Gasteiger charge is 2.27. The number of carbonyl (C=O) groups is 1. The van der Waals surface area contributed by atoms with Gasteiger partial charge in [0.2, 0.25) is 10.0 Å². The van der Waals surface area contributed by atoms with E-state index in [1.165, 1.54) is 11.3 Å². The summed E-state index contributed by atoms with van der Waals surface area (Å²) in [4.78, 5) is 23.9. The molecule has 0 unspecified atom stereocenters. The Morgan fingerprint density at radius 1 is 1.00 bits per heavy atom. The molecule has 1 aromatic heterocycles. The van der Waals surface area contributed by atoms with Crippen LogP contribution in [0, 0.1) is 0 Å². The number of hydrogen-bond acceptors (Lipinski definition) is 7. The van der Waals surface area contributed by atoms with E-state index < -0.39 is 10.0 Å². The van der Waals surface area contributed by atoms with E-state index in [9.17, 15) is 13.2 Å². The number of fused-ring (bicyclic) bond motifs is 1. The second-order valence-electron chi connectivity index (χ2n) is 9.16. The van der Waals surface area contributed by atoms with Gasteiger partial charge in [-0.25, -0.2) is 13.4 Å². The molecule has 0 spiro atoms. The summed E-state index contributed by atoms with van der Waals surface area (Å²) in [6, 6.07) is 12.6. The number of halogens is 1. The average Bonchev–Trinajstić information content (AvgIpc) is 3.13. The normalized spacial score (nSPS) is 14.8. The number of carbonyl (C=O) groups excluding carboxylic acids is 1. The van der Waals surface area contributed by atoms with E-state index in [0.717, 1.165) is 60.4 Å². The number of aromatic nitrogens is 1. The molecule has 1 amide bonds. The van der Waals surface area contributed by atoms with Crippen molar-refractivity contribution < 1.29 is 13.2 Å². The summed E-state index contributed by atoms with van der Waals surface area (Å²) in [6.45, 7) is 8.37. The van der Waals surface area contributed by atoms with Crippen LogP contribution in [0.1, 0.15) is 49.9 Å². The van der Waals surface area contributed by atoms with Gasteiger partial charge in [0.1, 0.15) is 0 Å². The van der Waals surface area contributed by atoms with Gasteiger partial charge < -0.3 is 4.90 Å². The third-order valence-electron chi connectivity index (χ3n) is 6.90. The molecule has 0 radical (unpaired) electrons. The summed E-state index contributed by atoms with van der Waals surface area (Å²) < 4.78 is 29.0. The predicted molar refractivity (Wildman–Crippen MR) is 162 cm³/mol. The Labute approximate surface area is 241 Å². The quantitative estimate of drug-likeness (QED) is 0.268. The van der Waals surface area contributed by atoms with Crippen molar-refractivity contribution >= 4 is 66.8 Å². The van der Waals surface area contributed by atoms with Crippen molar-refractivity contribution in [2.75, 3.05) is 50.4 Å². The van der Waals surface area contributed by atoms with Crippen LogP contribution in [0.25, 0.3) is 10.2 Å². The van der Waals surface area contributed by atoms with Crippen molar-refractivity contribution in [2.45, 2.75) is 49.3 Å². The summed E-state index contributed by atoms with van der Waals surface area (Å²) in [7, 11) is -3.56. The lowest BCUT2D eigenvalue weighted by molar-refractivity contribution is 0.0983. The minimum Gasteiger partial charge on any atom is -0.302 e. The fraction of sp³-hybridized carbons (Fsp3) is 0.481. The average molecular weight is 597 g/mol. The third-order valence-corrected chi connectivity index (χ3v) is 10.6. The lowest BCUT2D eigenvalue weighted by Gasteiger charge is -2.25. The van der Waals surface area contributed by atoms with Crippen LogP contribution in [0.15, 0.2) is 52.3 Å². The molecular weight excluding hydrogens is 560 g/mol. The molecule has 38 heavy (non-hydrogen) atoms. The van der Waals surface area contributed by atoms with Crippen LogP contribution in [0.5, 0.6) is 0 Å². The minimum atomic E-state index is -3.56. The van der Waals surface area contributed by atoms with Gasteiger partial charge >= 0.3 is 0 Å². The van der Waals surface area contributed by atoms with E-state index >= 15 is 0 Å². The Morgan fingerprint density at radius 2 is 1.66 bits per heavy atom. The maximum Gasteiger partial charge on any atom is 0.260 e. The Balaban J connectivity index is 0.00000400. The number of anilines is 1. The minimum absolute atomic E-state index is 0. The predicted octanol–water partition coefficient (Wildman–Crippen LogP) is 5.99. The molecule has 4 rings (SSSR count). The highest BCUT2D eigenvalue weighted by Crippen LogP contribution is 2.32. The number of hydrogen-bond donors (Lipinski definition) is 0. The molecule has 208 valence electrons. The lowest BCUT2D eigenvalue weighted by atomic mass is 10.2. The molecule has 0 aliphatic carbocycles. The van der Waals surface area contributed by atoms with Crippen LogP contribution in [-0.4, -0.2) is 74.0 Å². The Bertz CT molecular complexity index is 1300. The van der Waals surface area contributed by atoms with Crippen molar-refractivity contribution in [2.24, 2.45) is 0 Å². The molecule has 1 saturated heterocycles. The molecule has 1 aliphatic rings. The summed E-state index contributed by atoms with van der Waals surface area (Å²) in [5.74, 6) is -0.171. The SMILES string of the molecule is CCN(CC)CCN(C(=O)c1ccc(S(=O)(=O)N2CCCCCC2)cc1)c1nc2ccc(SC)cc2s1.Cl. The molecule has 3 aromatic rings. The molecular formula is C27H37ClN4O3S3. The largest absolute Gasteiger partial charge is 0.302 e. The topological polar surface area (TPSA) is 73.8 Å². The monoisotopic (exact) mass is 596 g/mol. The zero-order chi connectivity index (χ0) is 26.4. The van der Waals surface area contributed by atoms with E-state index in [2.05, 4.69) is 24.8 Å². The molecule has 0 N–H and O–H groups in total. The first-order valence-electron chi connectivity index (χ1n) is 13.0. The summed E-state index contributed by atoms with van der Waals surface area (Å²) in [5.41, 5.74) is 1.33. The van der Waals surface area contributed by atoms with Gasteiger partial charge in [-0.1, -0.05) is 38.0 Å². The number of likely N-dealkylation sites (N-methyl/N-ethyl adjacent to an activating group) is 1. The first-order chi connectivity index (χ1) is 17.9. The first kappa shape index (κ1) is 30.8. The van der Waals surface area contributed by atoms with E-state index in [4.69, 9.17) is 4.98 Å². The summed E-state index contributed by atoms with van der Waals surface area (Å²) in [6.07, 6.45) is 5.94. The van der Waals surface area contributed by atoms with Gasteiger partial charge in [-0.2, -0.15) is 4.31 Å². The summed E-state index contributed by atoms with van der Waals surface area (Å²) in [5, 5.41) is 0.659. The second-order valence-corrected chi connectivity index (χ2v) is 13.0. The standard InChI is InChI=1S/C27H36N4O3S3.ClH/c1-4-29(5-2)18-19-31(27-28-24-15-12-22(35-3)20-25(24)36-27)26(32)21-10-13-23(14-11-21)37(33,34)30-16-8-6-7-9-17-30;/h10-15,20H,4-9,16-19H2,1-3H3;1H. The number of sulfonamides is 1. The second kappa shape index (κ2) is 14.1. The van der Waals surface area contributed by atoms with Crippen LogP contribution >= 0.6 is 35.5 Å². The zero-order valence-electron chi connectivity index (χ0n) is 22.3. The van der Waals surface area contributed by atoms with Gasteiger partial charge in [-0.15, -0.1) is 24.2 Å². The summed E-state index contributed by atoms with van der Waals surface area (Å²) >= 11 is 3.19. The molecule has 0 bridgehead atoms. The number of amides is 1. The van der Waals surface area contributed by atoms with E-state index in [0.29, 0.717) is 30.3 Å². The van der Waals surface area contributed by atoms with Gasteiger partial charge in [0, 0.05) is 36.6 Å². The molecule has 11 heteroatoms. The van der Waals surface area contributed by atoms with Crippen molar-refractivity contribution in [1.82, 2.24) is 14.2 Å². The smallest absolute Gasteiger partial charge is 0.260 e. The van der Waals surface area contributed by atoms with Gasteiger partial charge in [-0.3, -0.25) is 9.69 Å². The van der Waals surface area contributed by atoms with E-state index in [1.807, 2.05) is 18.4 Å². The van der Waals surface area contributed by atoms with Gasteiger partial charge in [0.15, 0.2) is 5.13 Å². The van der Waals surface area contributed by atoms with Crippen LogP contribution < -0.4 is 4.90 Å². The lowest BCUT2D eigenvalue weighted by Crippen LogP contribution is -2.39. The highest BCUT2D eigenvalue weighted by atomic mass is 35.5. The van der Waals surface area contributed by atoms with Gasteiger partial charge in [0.05, 0.1) is 15.1 Å². The maximum atomic E-state index is 13.8. The van der Waals surface area contributed by atoms with Gasteiger partial charge in [0.25, 0.3) is 5.91 Å². The van der Waals surface area contributed by atoms with Crippen molar-refractivity contribution in [3.8, 4) is 0 Å². The molecule has 1 aliphatic heterocycles. The van der Waals surface area contributed by atoms with Crippen LogP contribution in [-0.2, 0) is 10.0 Å². The van der Waals surface area contributed by atoms with Crippen molar-refractivity contribution in [1.29, 1.82) is 0 Å². The van der Waals surface area contributed by atoms with Crippen molar-refractivity contribution in [3.05, 3.63) is 48.0 Å².